The summed E-state index contributed by atoms with van der Waals surface area (Å²) in [6, 6.07) is 16.1. The third kappa shape index (κ3) is 3.95. The maximum absolute atomic E-state index is 10.4. The van der Waals surface area contributed by atoms with Crippen LogP contribution >= 0.6 is 0 Å². The third-order valence-electron chi connectivity index (χ3n) is 4.92. The number of aliphatic hydroxyl groups excluding tert-OH is 1. The zero-order valence-corrected chi connectivity index (χ0v) is 14.3. The molecule has 1 N–H and O–H groups in total. The topological polar surface area (TPSA) is 45.2 Å². The number of ether oxygens (including phenoxy) is 2. The summed E-state index contributed by atoms with van der Waals surface area (Å²) in [5.41, 5.74) is 2.24. The molecule has 5 nitrogen and oxygen atoms in total. The zero-order valence-electron chi connectivity index (χ0n) is 14.3. The molecule has 0 amide bonds. The molecular weight excluding hydrogens is 316 g/mol. The smallest absolute Gasteiger partial charge is 0.231 e. The largest absolute Gasteiger partial charge is 0.454 e. The molecule has 2 aromatic carbocycles. The SMILES string of the molecule is O[C@@H](CN1CCN(Cc2ccc3c(c2)OCO3)CC1)c1ccccc1. The number of rotatable bonds is 5. The molecule has 2 aliphatic rings. The highest BCUT2D eigenvalue weighted by Gasteiger charge is 2.21. The molecule has 0 spiro atoms. The second kappa shape index (κ2) is 7.44. The van der Waals surface area contributed by atoms with Gasteiger partial charge in [0.1, 0.15) is 0 Å². The van der Waals surface area contributed by atoms with Gasteiger partial charge in [0, 0.05) is 39.3 Å². The van der Waals surface area contributed by atoms with E-state index in [2.05, 4.69) is 21.9 Å². The number of fused-ring (bicyclic) bond motifs is 1. The lowest BCUT2D eigenvalue weighted by atomic mass is 10.1. The van der Waals surface area contributed by atoms with Gasteiger partial charge in [-0.15, -0.1) is 0 Å². The third-order valence-corrected chi connectivity index (χ3v) is 4.92. The summed E-state index contributed by atoms with van der Waals surface area (Å²) < 4.78 is 10.8. The maximum atomic E-state index is 10.4. The molecule has 0 aromatic heterocycles. The molecule has 5 heteroatoms. The van der Waals surface area contributed by atoms with Crippen LogP contribution in [0.1, 0.15) is 17.2 Å². The van der Waals surface area contributed by atoms with Gasteiger partial charge in [0.25, 0.3) is 0 Å². The van der Waals surface area contributed by atoms with Gasteiger partial charge in [-0.2, -0.15) is 0 Å². The first-order valence-electron chi connectivity index (χ1n) is 8.84. The second-order valence-electron chi connectivity index (χ2n) is 6.69. The van der Waals surface area contributed by atoms with Crippen LogP contribution in [0.2, 0.25) is 0 Å². The van der Waals surface area contributed by atoms with E-state index in [0.717, 1.165) is 49.8 Å². The fourth-order valence-electron chi connectivity index (χ4n) is 3.45. The number of piperazine rings is 1. The highest BCUT2D eigenvalue weighted by atomic mass is 16.7. The van der Waals surface area contributed by atoms with E-state index in [9.17, 15) is 5.11 Å². The summed E-state index contributed by atoms with van der Waals surface area (Å²) >= 11 is 0. The summed E-state index contributed by atoms with van der Waals surface area (Å²) in [5, 5.41) is 10.4. The Hall–Kier alpha value is -2.08. The molecule has 0 unspecified atom stereocenters. The number of hydrogen-bond donors (Lipinski definition) is 1. The molecule has 1 atom stereocenters. The Morgan fingerprint density at radius 1 is 0.880 bits per heavy atom. The van der Waals surface area contributed by atoms with Crippen LogP contribution in [0.3, 0.4) is 0 Å². The van der Waals surface area contributed by atoms with Gasteiger partial charge in [-0.25, -0.2) is 0 Å². The molecule has 132 valence electrons. The fourth-order valence-corrected chi connectivity index (χ4v) is 3.45. The van der Waals surface area contributed by atoms with E-state index < -0.39 is 6.10 Å². The van der Waals surface area contributed by atoms with Crippen molar-refractivity contribution in [2.45, 2.75) is 12.6 Å². The van der Waals surface area contributed by atoms with E-state index in [1.165, 1.54) is 5.56 Å². The van der Waals surface area contributed by atoms with Crippen LogP contribution in [-0.4, -0.2) is 54.4 Å². The Morgan fingerprint density at radius 2 is 1.60 bits per heavy atom. The van der Waals surface area contributed by atoms with Crippen LogP contribution in [0.25, 0.3) is 0 Å². The molecule has 1 saturated heterocycles. The minimum absolute atomic E-state index is 0.321. The van der Waals surface area contributed by atoms with Gasteiger partial charge in [0.15, 0.2) is 11.5 Å². The van der Waals surface area contributed by atoms with Crippen LogP contribution in [-0.2, 0) is 6.54 Å². The van der Waals surface area contributed by atoms with Crippen LogP contribution < -0.4 is 9.47 Å². The van der Waals surface area contributed by atoms with Gasteiger partial charge in [-0.05, 0) is 23.3 Å². The highest BCUT2D eigenvalue weighted by Crippen LogP contribution is 2.32. The number of hydrogen-bond acceptors (Lipinski definition) is 5. The van der Waals surface area contributed by atoms with Gasteiger partial charge in [-0.1, -0.05) is 36.4 Å². The van der Waals surface area contributed by atoms with Crippen molar-refractivity contribution in [1.29, 1.82) is 0 Å². The van der Waals surface area contributed by atoms with Crippen molar-refractivity contribution in [3.8, 4) is 11.5 Å². The molecule has 0 saturated carbocycles. The molecule has 2 heterocycles. The second-order valence-corrected chi connectivity index (χ2v) is 6.69. The molecule has 0 radical (unpaired) electrons. The van der Waals surface area contributed by atoms with Crippen LogP contribution in [0.15, 0.2) is 48.5 Å². The molecule has 2 aromatic rings. The van der Waals surface area contributed by atoms with Gasteiger partial charge in [-0.3, -0.25) is 9.80 Å². The van der Waals surface area contributed by atoms with Crippen molar-refractivity contribution in [3.63, 3.8) is 0 Å². The average molecular weight is 340 g/mol. The molecule has 1 fully saturated rings. The van der Waals surface area contributed by atoms with Crippen molar-refractivity contribution in [1.82, 2.24) is 9.80 Å². The summed E-state index contributed by atoms with van der Waals surface area (Å²) in [7, 11) is 0. The predicted octanol–water partition coefficient (Wildman–Crippen LogP) is 2.27. The van der Waals surface area contributed by atoms with E-state index in [1.807, 2.05) is 36.4 Å². The molecule has 2 aliphatic heterocycles. The van der Waals surface area contributed by atoms with Crippen molar-refractivity contribution in [2.24, 2.45) is 0 Å². The first kappa shape index (κ1) is 16.4. The number of nitrogens with zero attached hydrogens (tertiary/aromatic N) is 2. The van der Waals surface area contributed by atoms with Crippen LogP contribution in [0.4, 0.5) is 0 Å². The number of β-amino-alcohol motifs (C(OH)–C–C–N with tert-alkyl or cyclic N) is 1. The summed E-state index contributed by atoms with van der Waals surface area (Å²) in [4.78, 5) is 4.79. The maximum Gasteiger partial charge on any atom is 0.231 e. The zero-order chi connectivity index (χ0) is 17.1. The fraction of sp³-hybridized carbons (Fsp3) is 0.400. The Kier molecular flexibility index (Phi) is 4.88. The van der Waals surface area contributed by atoms with E-state index >= 15 is 0 Å². The number of aliphatic hydroxyl groups is 1. The van der Waals surface area contributed by atoms with Crippen molar-refractivity contribution < 1.29 is 14.6 Å². The lowest BCUT2D eigenvalue weighted by Gasteiger charge is -2.35. The minimum Gasteiger partial charge on any atom is -0.454 e. The molecule has 0 aliphatic carbocycles. The van der Waals surface area contributed by atoms with Gasteiger partial charge < -0.3 is 14.6 Å². The first-order chi connectivity index (χ1) is 12.3. The standard InChI is InChI=1S/C20H24N2O3/c23-18(17-4-2-1-3-5-17)14-22-10-8-21(9-11-22)13-16-6-7-19-20(12-16)25-15-24-19/h1-7,12,18,23H,8-11,13-15H2/t18-/m0/s1. The van der Waals surface area contributed by atoms with E-state index in [4.69, 9.17) is 9.47 Å². The van der Waals surface area contributed by atoms with E-state index in [-0.39, 0.29) is 0 Å². The molecule has 0 bridgehead atoms. The monoisotopic (exact) mass is 340 g/mol. The predicted molar refractivity (Wildman–Crippen MR) is 95.7 cm³/mol. The van der Waals surface area contributed by atoms with Gasteiger partial charge in [0.2, 0.25) is 6.79 Å². The summed E-state index contributed by atoms with van der Waals surface area (Å²) in [5.74, 6) is 1.69. The first-order valence-corrected chi connectivity index (χ1v) is 8.84. The van der Waals surface area contributed by atoms with Crippen LogP contribution in [0, 0.1) is 0 Å². The van der Waals surface area contributed by atoms with Crippen molar-refractivity contribution in [3.05, 3.63) is 59.7 Å². The normalized spacial score (nSPS) is 19.1. The summed E-state index contributed by atoms with van der Waals surface area (Å²) in [6.45, 7) is 5.92. The van der Waals surface area contributed by atoms with Gasteiger partial charge in [0.05, 0.1) is 6.10 Å². The molecule has 4 rings (SSSR count). The Labute approximate surface area is 148 Å². The molecule has 25 heavy (non-hydrogen) atoms. The van der Waals surface area contributed by atoms with E-state index in [0.29, 0.717) is 13.3 Å². The summed E-state index contributed by atoms with van der Waals surface area (Å²) in [6.07, 6.45) is -0.415. The average Bonchev–Trinajstić information content (AvgIpc) is 3.12. The Balaban J connectivity index is 1.27. The quantitative estimate of drug-likeness (QED) is 0.905. The minimum atomic E-state index is -0.415. The van der Waals surface area contributed by atoms with Crippen molar-refractivity contribution >= 4 is 0 Å². The highest BCUT2D eigenvalue weighted by molar-refractivity contribution is 5.44. The van der Waals surface area contributed by atoms with E-state index in [1.54, 1.807) is 0 Å². The molecular formula is C20H24N2O3. The van der Waals surface area contributed by atoms with Crippen molar-refractivity contribution in [2.75, 3.05) is 39.5 Å². The lowest BCUT2D eigenvalue weighted by Crippen LogP contribution is -2.47. The van der Waals surface area contributed by atoms with Crippen LogP contribution in [0.5, 0.6) is 11.5 Å². The Morgan fingerprint density at radius 3 is 2.40 bits per heavy atom. The lowest BCUT2D eigenvalue weighted by molar-refractivity contribution is 0.0701. The van der Waals surface area contributed by atoms with Gasteiger partial charge >= 0.3 is 0 Å². The Bertz CT molecular complexity index is 699. The number of benzene rings is 2.